The SMILES string of the molecule is CCCCC(Sc1ccc(C)cc1C)C(CCC)N1CCNCC1. The third-order valence-electron chi connectivity index (χ3n) is 5.09. The molecular weight excluding hydrogens is 312 g/mol. The molecule has 136 valence electrons. The fourth-order valence-electron chi connectivity index (χ4n) is 3.74. The average molecular weight is 349 g/mol. The summed E-state index contributed by atoms with van der Waals surface area (Å²) in [5.41, 5.74) is 2.81. The first kappa shape index (κ1) is 19.8. The van der Waals surface area contributed by atoms with Crippen LogP contribution in [0.1, 0.15) is 57.1 Å². The Morgan fingerprint density at radius 3 is 2.46 bits per heavy atom. The molecule has 0 amide bonds. The fraction of sp³-hybridized carbons (Fsp3) is 0.714. The minimum absolute atomic E-state index is 0.712. The maximum Gasteiger partial charge on any atom is 0.0250 e. The van der Waals surface area contributed by atoms with Gasteiger partial charge in [0.25, 0.3) is 0 Å². The topological polar surface area (TPSA) is 15.3 Å². The highest BCUT2D eigenvalue weighted by molar-refractivity contribution is 8.00. The molecule has 3 heteroatoms. The molecule has 1 saturated heterocycles. The fourth-order valence-corrected chi connectivity index (χ4v) is 5.21. The van der Waals surface area contributed by atoms with Gasteiger partial charge in [-0.05, 0) is 38.3 Å². The Labute approximate surface area is 153 Å². The molecule has 1 aliphatic rings. The lowest BCUT2D eigenvalue weighted by molar-refractivity contribution is 0.157. The van der Waals surface area contributed by atoms with Crippen LogP contribution >= 0.6 is 11.8 Å². The number of hydrogen-bond acceptors (Lipinski definition) is 3. The second-order valence-electron chi connectivity index (χ2n) is 7.21. The first-order valence-electron chi connectivity index (χ1n) is 9.84. The van der Waals surface area contributed by atoms with Gasteiger partial charge in [-0.3, -0.25) is 4.90 Å². The van der Waals surface area contributed by atoms with Gasteiger partial charge in [0, 0.05) is 42.4 Å². The molecule has 1 aromatic carbocycles. The van der Waals surface area contributed by atoms with Crippen molar-refractivity contribution in [3.05, 3.63) is 29.3 Å². The quantitative estimate of drug-likeness (QED) is 0.630. The predicted octanol–water partition coefficient (Wildman–Crippen LogP) is 5.03. The number of nitrogens with zero attached hydrogens (tertiary/aromatic N) is 1. The molecule has 1 fully saturated rings. The smallest absolute Gasteiger partial charge is 0.0250 e. The molecular formula is C21H36N2S. The Morgan fingerprint density at radius 1 is 1.08 bits per heavy atom. The third-order valence-corrected chi connectivity index (χ3v) is 6.65. The van der Waals surface area contributed by atoms with Crippen molar-refractivity contribution in [2.24, 2.45) is 0 Å². The number of aryl methyl sites for hydroxylation is 2. The third kappa shape index (κ3) is 5.79. The van der Waals surface area contributed by atoms with Gasteiger partial charge >= 0.3 is 0 Å². The van der Waals surface area contributed by atoms with Gasteiger partial charge < -0.3 is 5.32 Å². The number of nitrogens with one attached hydrogen (secondary N) is 1. The zero-order valence-corrected chi connectivity index (χ0v) is 16.9. The van der Waals surface area contributed by atoms with Crippen LogP contribution in [0.15, 0.2) is 23.1 Å². The van der Waals surface area contributed by atoms with E-state index >= 15 is 0 Å². The maximum atomic E-state index is 3.51. The number of rotatable bonds is 9. The summed E-state index contributed by atoms with van der Waals surface area (Å²) in [5.74, 6) is 0. The lowest BCUT2D eigenvalue weighted by Crippen LogP contribution is -2.51. The van der Waals surface area contributed by atoms with Crippen molar-refractivity contribution in [1.29, 1.82) is 0 Å². The van der Waals surface area contributed by atoms with E-state index in [0.717, 1.165) is 13.1 Å². The van der Waals surface area contributed by atoms with Crippen LogP contribution in [0.4, 0.5) is 0 Å². The number of hydrogen-bond donors (Lipinski definition) is 1. The Morgan fingerprint density at radius 2 is 1.83 bits per heavy atom. The molecule has 0 aromatic heterocycles. The standard InChI is InChI=1S/C21H36N2S/c1-5-7-9-21(24-20-11-10-17(3)16-18(20)4)19(8-6-2)23-14-12-22-13-15-23/h10-11,16,19,21-22H,5-9,12-15H2,1-4H3. The molecule has 0 bridgehead atoms. The van der Waals surface area contributed by atoms with Gasteiger partial charge in [-0.2, -0.15) is 0 Å². The zero-order valence-electron chi connectivity index (χ0n) is 16.1. The molecule has 0 radical (unpaired) electrons. The van der Waals surface area contributed by atoms with E-state index in [4.69, 9.17) is 0 Å². The van der Waals surface area contributed by atoms with Crippen LogP contribution in [0.3, 0.4) is 0 Å². The van der Waals surface area contributed by atoms with Crippen LogP contribution in [0.2, 0.25) is 0 Å². The number of piperazine rings is 1. The second kappa shape index (κ2) is 10.5. The summed E-state index contributed by atoms with van der Waals surface area (Å²) in [6, 6.07) is 7.66. The summed E-state index contributed by atoms with van der Waals surface area (Å²) in [4.78, 5) is 4.24. The van der Waals surface area contributed by atoms with Gasteiger partial charge in [0.05, 0.1) is 0 Å². The molecule has 2 rings (SSSR count). The van der Waals surface area contributed by atoms with Gasteiger partial charge in [0.15, 0.2) is 0 Å². The summed E-state index contributed by atoms with van der Waals surface area (Å²) in [5, 5.41) is 4.22. The summed E-state index contributed by atoms with van der Waals surface area (Å²) in [7, 11) is 0. The molecule has 2 unspecified atom stereocenters. The van der Waals surface area contributed by atoms with E-state index in [1.54, 1.807) is 0 Å². The highest BCUT2D eigenvalue weighted by atomic mass is 32.2. The molecule has 1 heterocycles. The molecule has 0 saturated carbocycles. The summed E-state index contributed by atoms with van der Waals surface area (Å²) < 4.78 is 0. The van der Waals surface area contributed by atoms with Crippen molar-refractivity contribution >= 4 is 11.8 Å². The van der Waals surface area contributed by atoms with Crippen LogP contribution < -0.4 is 5.32 Å². The molecule has 2 atom stereocenters. The zero-order chi connectivity index (χ0) is 17.4. The Hall–Kier alpha value is -0.510. The lowest BCUT2D eigenvalue weighted by Gasteiger charge is -2.39. The monoisotopic (exact) mass is 348 g/mol. The molecule has 0 spiro atoms. The average Bonchev–Trinajstić information content (AvgIpc) is 2.59. The van der Waals surface area contributed by atoms with Crippen LogP contribution in [0, 0.1) is 13.8 Å². The Bertz CT molecular complexity index is 483. The molecule has 24 heavy (non-hydrogen) atoms. The molecule has 1 aliphatic heterocycles. The minimum Gasteiger partial charge on any atom is -0.314 e. The summed E-state index contributed by atoms with van der Waals surface area (Å²) >= 11 is 2.14. The number of unbranched alkanes of at least 4 members (excludes halogenated alkanes) is 1. The lowest BCUT2D eigenvalue weighted by atomic mass is 10.0. The van der Waals surface area contributed by atoms with E-state index in [9.17, 15) is 0 Å². The normalized spacial score (nSPS) is 18.5. The number of benzene rings is 1. The van der Waals surface area contributed by atoms with Crippen LogP contribution in [0.5, 0.6) is 0 Å². The van der Waals surface area contributed by atoms with Crippen molar-refractivity contribution in [2.45, 2.75) is 76.0 Å². The minimum atomic E-state index is 0.712. The Kier molecular flexibility index (Phi) is 8.65. The predicted molar refractivity (Wildman–Crippen MR) is 108 cm³/mol. The molecule has 1 N–H and O–H groups in total. The van der Waals surface area contributed by atoms with E-state index in [1.165, 1.54) is 61.2 Å². The van der Waals surface area contributed by atoms with Crippen molar-refractivity contribution in [3.63, 3.8) is 0 Å². The largest absolute Gasteiger partial charge is 0.314 e. The van der Waals surface area contributed by atoms with Gasteiger partial charge in [-0.15, -0.1) is 11.8 Å². The van der Waals surface area contributed by atoms with Gasteiger partial charge in [0.2, 0.25) is 0 Å². The summed E-state index contributed by atoms with van der Waals surface area (Å²) in [6.45, 7) is 13.8. The maximum absolute atomic E-state index is 3.51. The van der Waals surface area contributed by atoms with Crippen molar-refractivity contribution in [1.82, 2.24) is 10.2 Å². The molecule has 1 aromatic rings. The van der Waals surface area contributed by atoms with Crippen LogP contribution in [-0.4, -0.2) is 42.4 Å². The van der Waals surface area contributed by atoms with Gasteiger partial charge in [-0.25, -0.2) is 0 Å². The molecule has 0 aliphatic carbocycles. The highest BCUT2D eigenvalue weighted by Crippen LogP contribution is 2.35. The van der Waals surface area contributed by atoms with E-state index in [1.807, 2.05) is 0 Å². The molecule has 2 nitrogen and oxygen atoms in total. The Balaban J connectivity index is 2.16. The van der Waals surface area contributed by atoms with Crippen molar-refractivity contribution in [2.75, 3.05) is 26.2 Å². The number of thioether (sulfide) groups is 1. The first-order chi connectivity index (χ1) is 11.7. The van der Waals surface area contributed by atoms with Crippen LogP contribution in [0.25, 0.3) is 0 Å². The first-order valence-corrected chi connectivity index (χ1v) is 10.7. The van der Waals surface area contributed by atoms with E-state index < -0.39 is 0 Å². The van der Waals surface area contributed by atoms with Gasteiger partial charge in [-0.1, -0.05) is 50.8 Å². The van der Waals surface area contributed by atoms with Gasteiger partial charge in [0.1, 0.15) is 0 Å². The van der Waals surface area contributed by atoms with E-state index in [2.05, 4.69) is 67.9 Å². The summed E-state index contributed by atoms with van der Waals surface area (Å²) in [6.07, 6.45) is 6.58. The second-order valence-corrected chi connectivity index (χ2v) is 8.49. The van der Waals surface area contributed by atoms with E-state index in [0.29, 0.717) is 11.3 Å². The van der Waals surface area contributed by atoms with Crippen LogP contribution in [-0.2, 0) is 0 Å². The van der Waals surface area contributed by atoms with Crippen molar-refractivity contribution in [3.8, 4) is 0 Å². The highest BCUT2D eigenvalue weighted by Gasteiger charge is 2.28. The van der Waals surface area contributed by atoms with Crippen molar-refractivity contribution < 1.29 is 0 Å². The van der Waals surface area contributed by atoms with E-state index in [-0.39, 0.29) is 0 Å².